The Bertz CT molecular complexity index is 2070. The Balaban J connectivity index is 1.71. The Hall–Kier alpha value is -3.50. The fraction of sp³-hybridized carbons (Fsp3) is 0.400. The second-order valence-electron chi connectivity index (χ2n) is 11.7. The third kappa shape index (κ3) is 2.21. The minimum absolute atomic E-state index is 0.113. The summed E-state index contributed by atoms with van der Waals surface area (Å²) in [4.78, 5) is 27.8. The maximum absolute atomic E-state index is 14.1. The van der Waals surface area contributed by atoms with Crippen LogP contribution in [0.25, 0.3) is 38.1 Å². The summed E-state index contributed by atoms with van der Waals surface area (Å²) in [6, 6.07) is 1.37. The van der Waals surface area contributed by atoms with Crippen LogP contribution in [0.5, 0.6) is 11.5 Å². The first-order chi connectivity index (χ1) is 18.5. The van der Waals surface area contributed by atoms with Gasteiger partial charge < -0.3 is 34.3 Å². The van der Waals surface area contributed by atoms with Crippen LogP contribution in [0.2, 0.25) is 0 Å². The molecule has 0 saturated carbocycles. The number of phenolic OH excluding ortho intramolecular Hbond substituents is 1. The molecule has 1 aliphatic carbocycles. The predicted molar refractivity (Wildman–Crippen MR) is 139 cm³/mol. The molecule has 4 heterocycles. The number of rotatable bonds is 0. The minimum atomic E-state index is -1.99. The number of hydrogen-bond donors (Lipinski definition) is 3. The minimum Gasteiger partial charge on any atom is -0.511 e. The molecule has 0 spiro atoms. The molecule has 4 aromatic carbocycles. The second kappa shape index (κ2) is 6.45. The van der Waals surface area contributed by atoms with E-state index >= 15 is 0 Å². The summed E-state index contributed by atoms with van der Waals surface area (Å²) in [5.74, 6) is -2.11. The lowest BCUT2D eigenvalue weighted by atomic mass is 9.71. The smallest absolute Gasteiger partial charge is 0.201 e. The van der Waals surface area contributed by atoms with Gasteiger partial charge in [-0.05, 0) is 33.1 Å². The molecular weight excluding hydrogens is 504 g/mol. The predicted octanol–water partition coefficient (Wildman–Crippen LogP) is 3.41. The van der Waals surface area contributed by atoms with Crippen LogP contribution in [-0.2, 0) is 20.0 Å². The SMILES string of the molecule is C[C@H]1O[C@H](C)[C@@H]2O[C@]3(O)CC(O)=c4c(=O)c5c6c7c4c3c3c2c1c(O)c1c(=O)cc(c7c31)O[C@@H]6[C@@H](C)O[C@@H]5C. The molecular formula is C30H24O9. The third-order valence-electron chi connectivity index (χ3n) is 9.57. The molecule has 0 fully saturated rings. The van der Waals surface area contributed by atoms with Gasteiger partial charge >= 0.3 is 0 Å². The highest BCUT2D eigenvalue weighted by atomic mass is 16.6. The van der Waals surface area contributed by atoms with E-state index in [1.165, 1.54) is 6.07 Å². The van der Waals surface area contributed by atoms with Crippen molar-refractivity contribution in [3.05, 3.63) is 59.5 Å². The van der Waals surface area contributed by atoms with Gasteiger partial charge in [-0.25, -0.2) is 0 Å². The summed E-state index contributed by atoms with van der Waals surface area (Å²) >= 11 is 0. The third-order valence-corrected chi connectivity index (χ3v) is 9.57. The number of ether oxygens (including phenoxy) is 4. The number of aliphatic hydroxyl groups is 2. The van der Waals surface area contributed by atoms with Crippen LogP contribution in [0.15, 0.2) is 15.7 Å². The summed E-state index contributed by atoms with van der Waals surface area (Å²) < 4.78 is 25.0. The molecule has 39 heavy (non-hydrogen) atoms. The average molecular weight is 529 g/mol. The maximum atomic E-state index is 14.1. The van der Waals surface area contributed by atoms with Crippen molar-refractivity contribution in [2.24, 2.45) is 0 Å². The molecule has 0 radical (unpaired) electrons. The highest BCUT2D eigenvalue weighted by Crippen LogP contribution is 2.61. The summed E-state index contributed by atoms with van der Waals surface area (Å²) in [6.45, 7) is 7.27. The molecule has 3 N–H and O–H groups in total. The van der Waals surface area contributed by atoms with Crippen molar-refractivity contribution < 1.29 is 34.3 Å². The van der Waals surface area contributed by atoms with E-state index in [0.717, 1.165) is 0 Å². The standard InChI is InChI=1S/C30H24O9/c1-7-14-23-20-18-13(38-28(23)9(3)36-7)5-11(31)16-19(18)22-24-15(26(16)33)8(2)37-10(4)29(24)39-30(35)6-12(32)17(27(14)34)21(20)25(22)30/h5,7-10,28-29,32-33,35H,6H2,1-4H3/t7-,8-,9-,10-,28-,29+,30-/m1/s1. The molecule has 0 saturated heterocycles. The van der Waals surface area contributed by atoms with Gasteiger partial charge in [0.05, 0.1) is 41.4 Å². The van der Waals surface area contributed by atoms with Crippen molar-refractivity contribution in [1.82, 2.24) is 0 Å². The summed E-state index contributed by atoms with van der Waals surface area (Å²) in [5.41, 5.74) is 1.65. The van der Waals surface area contributed by atoms with Crippen molar-refractivity contribution in [2.75, 3.05) is 0 Å². The van der Waals surface area contributed by atoms with E-state index in [9.17, 15) is 24.9 Å². The molecule has 9 heteroatoms. The Morgan fingerprint density at radius 2 is 1.46 bits per heavy atom. The number of phenols is 1. The summed E-state index contributed by atoms with van der Waals surface area (Å²) in [5, 5.41) is 38.0. The van der Waals surface area contributed by atoms with E-state index in [4.69, 9.17) is 18.9 Å². The van der Waals surface area contributed by atoms with Crippen LogP contribution in [0, 0.1) is 0 Å². The van der Waals surface area contributed by atoms with Gasteiger partial charge in [0.15, 0.2) is 17.0 Å². The largest absolute Gasteiger partial charge is 0.511 e. The molecule has 0 unspecified atom stereocenters. The van der Waals surface area contributed by atoms with E-state index in [1.54, 1.807) is 13.8 Å². The number of aromatic hydroxyl groups is 1. The van der Waals surface area contributed by atoms with Gasteiger partial charge in [0, 0.05) is 55.4 Å². The molecule has 0 bridgehead atoms. The molecule has 198 valence electrons. The lowest BCUT2D eigenvalue weighted by molar-refractivity contribution is -0.270. The highest BCUT2D eigenvalue weighted by molar-refractivity contribution is 6.29. The first-order valence-electron chi connectivity index (χ1n) is 13.3. The fourth-order valence-corrected chi connectivity index (χ4v) is 8.28. The van der Waals surface area contributed by atoms with Gasteiger partial charge in [0.25, 0.3) is 0 Å². The molecule has 7 atom stereocenters. The van der Waals surface area contributed by atoms with E-state index in [1.807, 2.05) is 13.8 Å². The fourth-order valence-electron chi connectivity index (χ4n) is 8.28. The zero-order valence-electron chi connectivity index (χ0n) is 21.5. The molecule has 0 amide bonds. The van der Waals surface area contributed by atoms with Gasteiger partial charge in [-0.1, -0.05) is 0 Å². The van der Waals surface area contributed by atoms with Crippen molar-refractivity contribution >= 4 is 38.1 Å². The zero-order chi connectivity index (χ0) is 27.0. The van der Waals surface area contributed by atoms with Crippen LogP contribution in [0.1, 0.15) is 86.3 Å². The molecule has 9 nitrogen and oxygen atoms in total. The Labute approximate surface area is 220 Å². The normalized spacial score (nSPS) is 33.5. The number of aliphatic hydroxyl groups excluding tert-OH is 1. The van der Waals surface area contributed by atoms with E-state index < -0.39 is 47.8 Å². The second-order valence-corrected chi connectivity index (χ2v) is 11.7. The molecule has 0 aromatic heterocycles. The monoisotopic (exact) mass is 528 g/mol. The van der Waals surface area contributed by atoms with Gasteiger partial charge in [-0.2, -0.15) is 0 Å². The molecule has 5 aliphatic rings. The van der Waals surface area contributed by atoms with Crippen LogP contribution >= 0.6 is 0 Å². The van der Waals surface area contributed by atoms with Crippen molar-refractivity contribution in [3.8, 4) is 11.5 Å². The van der Waals surface area contributed by atoms with E-state index in [2.05, 4.69) is 0 Å². The molecule has 4 aliphatic heterocycles. The number of benzene rings is 4. The summed E-state index contributed by atoms with van der Waals surface area (Å²) in [7, 11) is 0. The van der Waals surface area contributed by atoms with Gasteiger partial charge in [0.2, 0.25) is 5.79 Å². The van der Waals surface area contributed by atoms with Crippen LogP contribution < -0.4 is 20.8 Å². The van der Waals surface area contributed by atoms with Gasteiger partial charge in [0.1, 0.15) is 23.4 Å². The first kappa shape index (κ1) is 22.3. The van der Waals surface area contributed by atoms with Crippen molar-refractivity contribution in [1.29, 1.82) is 0 Å². The van der Waals surface area contributed by atoms with Crippen LogP contribution in [-0.4, -0.2) is 27.5 Å². The molecule has 4 aromatic rings. The maximum Gasteiger partial charge on any atom is 0.201 e. The van der Waals surface area contributed by atoms with Crippen molar-refractivity contribution in [3.63, 3.8) is 0 Å². The van der Waals surface area contributed by atoms with Gasteiger partial charge in [-0.15, -0.1) is 0 Å². The van der Waals surface area contributed by atoms with Crippen LogP contribution in [0.4, 0.5) is 0 Å². The number of hydrogen-bond acceptors (Lipinski definition) is 9. The lowest BCUT2D eigenvalue weighted by Gasteiger charge is -2.48. The summed E-state index contributed by atoms with van der Waals surface area (Å²) in [6.07, 6.45) is -3.86. The Kier molecular flexibility index (Phi) is 3.69. The van der Waals surface area contributed by atoms with Crippen molar-refractivity contribution in [2.45, 2.75) is 76.5 Å². The lowest BCUT2D eigenvalue weighted by Crippen LogP contribution is -2.48. The Morgan fingerprint density at radius 1 is 0.795 bits per heavy atom. The first-order valence-corrected chi connectivity index (χ1v) is 13.3. The van der Waals surface area contributed by atoms with Gasteiger partial charge in [-0.3, -0.25) is 9.59 Å². The van der Waals surface area contributed by atoms with Crippen LogP contribution in [0.3, 0.4) is 0 Å². The zero-order valence-corrected chi connectivity index (χ0v) is 21.5. The Morgan fingerprint density at radius 3 is 2.21 bits per heavy atom. The van der Waals surface area contributed by atoms with E-state index in [-0.39, 0.29) is 34.0 Å². The highest BCUT2D eigenvalue weighted by Gasteiger charge is 2.53. The average Bonchev–Trinajstić information content (AvgIpc) is 2.85. The quantitative estimate of drug-likeness (QED) is 0.232. The van der Waals surface area contributed by atoms with E-state index in [0.29, 0.717) is 60.5 Å². The molecule has 9 rings (SSSR count). The topological polar surface area (TPSA) is 132 Å².